The molecule has 3 aromatic rings. The van der Waals surface area contributed by atoms with Crippen molar-refractivity contribution in [2.24, 2.45) is 0 Å². The Morgan fingerprint density at radius 1 is 0.750 bits per heavy atom. The first-order valence-corrected chi connectivity index (χ1v) is 8.29. The predicted octanol–water partition coefficient (Wildman–Crippen LogP) is 5.69. The van der Waals surface area contributed by atoms with Crippen LogP contribution in [0.3, 0.4) is 0 Å². The van der Waals surface area contributed by atoms with Crippen molar-refractivity contribution in [3.63, 3.8) is 0 Å². The fourth-order valence-electron chi connectivity index (χ4n) is 3.56. The monoisotopic (exact) mass is 315 g/mol. The van der Waals surface area contributed by atoms with Gasteiger partial charge in [0.25, 0.3) is 0 Å². The van der Waals surface area contributed by atoms with Crippen molar-refractivity contribution in [1.29, 1.82) is 0 Å². The average Bonchev–Trinajstić information content (AvgIpc) is 2.59. The standard InChI is InChI=1S/C22H21NO/c1-15-8-10-19-17(12-15)14-18-13-16(2)9-11-20(18)23(19)21-6-4-5-7-22(21)24-3/h4-13H,14H2,1-3H3. The predicted molar refractivity (Wildman–Crippen MR) is 100.0 cm³/mol. The van der Waals surface area contributed by atoms with Gasteiger partial charge in [0, 0.05) is 17.8 Å². The number of rotatable bonds is 2. The number of hydrogen-bond acceptors (Lipinski definition) is 2. The highest BCUT2D eigenvalue weighted by atomic mass is 16.5. The topological polar surface area (TPSA) is 12.5 Å². The third-order valence-corrected chi connectivity index (χ3v) is 4.66. The van der Waals surface area contributed by atoms with Crippen molar-refractivity contribution in [3.05, 3.63) is 82.9 Å². The third-order valence-electron chi connectivity index (χ3n) is 4.66. The number of para-hydroxylation sites is 2. The Hall–Kier alpha value is -2.74. The van der Waals surface area contributed by atoms with Crippen LogP contribution in [0.5, 0.6) is 5.75 Å². The number of benzene rings is 3. The minimum Gasteiger partial charge on any atom is -0.495 e. The molecule has 2 heteroatoms. The molecule has 0 radical (unpaired) electrons. The number of methoxy groups -OCH3 is 1. The van der Waals surface area contributed by atoms with Gasteiger partial charge in [-0.1, -0.05) is 47.5 Å². The molecule has 0 spiro atoms. The Kier molecular flexibility index (Phi) is 3.53. The molecule has 24 heavy (non-hydrogen) atoms. The zero-order valence-electron chi connectivity index (χ0n) is 14.3. The Balaban J connectivity index is 1.99. The molecule has 2 nitrogen and oxygen atoms in total. The van der Waals surface area contributed by atoms with Gasteiger partial charge in [0.05, 0.1) is 12.8 Å². The van der Waals surface area contributed by atoms with Crippen LogP contribution in [0.4, 0.5) is 17.1 Å². The summed E-state index contributed by atoms with van der Waals surface area (Å²) in [6.45, 7) is 4.30. The van der Waals surface area contributed by atoms with Gasteiger partial charge >= 0.3 is 0 Å². The van der Waals surface area contributed by atoms with E-state index in [1.807, 2.05) is 12.1 Å². The smallest absolute Gasteiger partial charge is 0.142 e. The van der Waals surface area contributed by atoms with E-state index >= 15 is 0 Å². The molecule has 1 aliphatic heterocycles. The summed E-state index contributed by atoms with van der Waals surface area (Å²) in [7, 11) is 1.73. The summed E-state index contributed by atoms with van der Waals surface area (Å²) in [6, 6.07) is 21.6. The van der Waals surface area contributed by atoms with Gasteiger partial charge < -0.3 is 9.64 Å². The van der Waals surface area contributed by atoms with Crippen LogP contribution in [0.2, 0.25) is 0 Å². The minimum atomic E-state index is 0.887. The lowest BCUT2D eigenvalue weighted by Crippen LogP contribution is -2.19. The minimum absolute atomic E-state index is 0.887. The Bertz CT molecular complexity index is 862. The number of fused-ring (bicyclic) bond motifs is 2. The molecule has 0 unspecified atom stereocenters. The van der Waals surface area contributed by atoms with Crippen LogP contribution in [0.15, 0.2) is 60.7 Å². The van der Waals surface area contributed by atoms with Gasteiger partial charge in [0.1, 0.15) is 5.75 Å². The van der Waals surface area contributed by atoms with Crippen LogP contribution >= 0.6 is 0 Å². The molecule has 0 saturated carbocycles. The largest absolute Gasteiger partial charge is 0.495 e. The van der Waals surface area contributed by atoms with Crippen molar-refractivity contribution in [2.75, 3.05) is 12.0 Å². The number of anilines is 3. The highest BCUT2D eigenvalue weighted by Crippen LogP contribution is 2.46. The van der Waals surface area contributed by atoms with Crippen LogP contribution in [-0.4, -0.2) is 7.11 Å². The van der Waals surface area contributed by atoms with Crippen molar-refractivity contribution in [1.82, 2.24) is 0 Å². The molecule has 0 fully saturated rings. The second-order valence-corrected chi connectivity index (χ2v) is 6.45. The van der Waals surface area contributed by atoms with E-state index in [0.717, 1.165) is 17.9 Å². The molecule has 3 aromatic carbocycles. The normalized spacial score (nSPS) is 12.5. The molecule has 120 valence electrons. The fourth-order valence-corrected chi connectivity index (χ4v) is 3.56. The van der Waals surface area contributed by atoms with Gasteiger partial charge in [-0.25, -0.2) is 0 Å². The quantitative estimate of drug-likeness (QED) is 0.471. The van der Waals surface area contributed by atoms with Gasteiger partial charge in [-0.15, -0.1) is 0 Å². The third kappa shape index (κ3) is 2.35. The Morgan fingerprint density at radius 2 is 1.33 bits per heavy atom. The molecule has 0 aliphatic carbocycles. The van der Waals surface area contributed by atoms with Crippen LogP contribution in [-0.2, 0) is 6.42 Å². The zero-order valence-corrected chi connectivity index (χ0v) is 14.3. The summed E-state index contributed by atoms with van der Waals surface area (Å²) in [5.74, 6) is 0.887. The average molecular weight is 315 g/mol. The van der Waals surface area contributed by atoms with E-state index in [1.165, 1.54) is 33.6 Å². The van der Waals surface area contributed by atoms with Crippen molar-refractivity contribution in [3.8, 4) is 5.75 Å². The molecule has 0 atom stereocenters. The van der Waals surface area contributed by atoms with E-state index in [9.17, 15) is 0 Å². The SMILES string of the molecule is COc1ccccc1N1c2ccc(C)cc2Cc2cc(C)ccc21. The van der Waals surface area contributed by atoms with E-state index < -0.39 is 0 Å². The van der Waals surface area contributed by atoms with E-state index in [1.54, 1.807) is 7.11 Å². The van der Waals surface area contributed by atoms with Gasteiger partial charge in [0.2, 0.25) is 0 Å². The Morgan fingerprint density at radius 3 is 1.92 bits per heavy atom. The highest BCUT2D eigenvalue weighted by molar-refractivity contribution is 5.86. The molecule has 0 saturated heterocycles. The summed E-state index contributed by atoms with van der Waals surface area (Å²) >= 11 is 0. The first-order valence-electron chi connectivity index (χ1n) is 8.29. The molecule has 0 amide bonds. The second kappa shape index (κ2) is 5.72. The first kappa shape index (κ1) is 14.8. The van der Waals surface area contributed by atoms with Crippen molar-refractivity contribution < 1.29 is 4.74 Å². The molecule has 0 N–H and O–H groups in total. The van der Waals surface area contributed by atoms with E-state index in [0.29, 0.717) is 0 Å². The highest BCUT2D eigenvalue weighted by Gasteiger charge is 2.25. The van der Waals surface area contributed by atoms with Crippen LogP contribution in [0, 0.1) is 13.8 Å². The second-order valence-electron chi connectivity index (χ2n) is 6.45. The zero-order chi connectivity index (χ0) is 16.7. The molecule has 1 aliphatic rings. The van der Waals surface area contributed by atoms with Gasteiger partial charge in [-0.3, -0.25) is 0 Å². The maximum absolute atomic E-state index is 5.63. The summed E-state index contributed by atoms with van der Waals surface area (Å²) in [5, 5.41) is 0. The van der Waals surface area contributed by atoms with E-state index in [4.69, 9.17) is 4.74 Å². The summed E-state index contributed by atoms with van der Waals surface area (Å²) < 4.78 is 5.63. The van der Waals surface area contributed by atoms with E-state index in [-0.39, 0.29) is 0 Å². The lowest BCUT2D eigenvalue weighted by molar-refractivity contribution is 0.416. The van der Waals surface area contributed by atoms with Gasteiger partial charge in [-0.2, -0.15) is 0 Å². The Labute approximate surface area is 143 Å². The van der Waals surface area contributed by atoms with Crippen LogP contribution in [0.25, 0.3) is 0 Å². The number of ether oxygens (including phenoxy) is 1. The lowest BCUT2D eigenvalue weighted by atomic mass is 9.92. The van der Waals surface area contributed by atoms with Crippen LogP contribution < -0.4 is 9.64 Å². The molecule has 4 rings (SSSR count). The summed E-state index contributed by atoms with van der Waals surface area (Å²) in [6.07, 6.45) is 0.972. The maximum Gasteiger partial charge on any atom is 0.142 e. The molecular weight excluding hydrogens is 294 g/mol. The first-order chi connectivity index (χ1) is 11.7. The molecule has 0 bridgehead atoms. The van der Waals surface area contributed by atoms with Crippen molar-refractivity contribution in [2.45, 2.75) is 20.3 Å². The van der Waals surface area contributed by atoms with Crippen molar-refractivity contribution >= 4 is 17.1 Å². The number of aryl methyl sites for hydroxylation is 2. The summed E-state index contributed by atoms with van der Waals surface area (Å²) in [4.78, 5) is 2.33. The number of hydrogen-bond donors (Lipinski definition) is 0. The molecule has 0 aromatic heterocycles. The number of nitrogens with zero attached hydrogens (tertiary/aromatic N) is 1. The van der Waals surface area contributed by atoms with Crippen LogP contribution in [0.1, 0.15) is 22.3 Å². The molecule has 1 heterocycles. The van der Waals surface area contributed by atoms with E-state index in [2.05, 4.69) is 67.3 Å². The fraction of sp³-hybridized carbons (Fsp3) is 0.182. The maximum atomic E-state index is 5.63. The van der Waals surface area contributed by atoms with Gasteiger partial charge in [0.15, 0.2) is 0 Å². The summed E-state index contributed by atoms with van der Waals surface area (Å²) in [5.41, 5.74) is 8.87. The molecular formula is C22H21NO. The van der Waals surface area contributed by atoms with Gasteiger partial charge in [-0.05, 0) is 49.2 Å². The lowest BCUT2D eigenvalue weighted by Gasteiger charge is -2.34.